The first-order chi connectivity index (χ1) is 17.6. The van der Waals surface area contributed by atoms with E-state index in [-0.39, 0.29) is 25.9 Å². The molecule has 1 fully saturated rings. The molecule has 11 heteroatoms. The fourth-order valence-corrected chi connectivity index (χ4v) is 4.87. The second-order valence-electron chi connectivity index (χ2n) is 9.81. The standard InChI is InChI=1S/C26H32Cl2N4O5/c1-5-35-24(33)23-20(16-14-30-32(15-16)19-8-6-7-13-36-19)17-9-10-18(27)21(28)22(17)31(23)12-11-29-25(34)37-26(2,3)4/h9-10,14-15,19H,5-8,11-13H2,1-4H3,(H,29,34). The zero-order valence-electron chi connectivity index (χ0n) is 21.5. The maximum Gasteiger partial charge on any atom is 0.407 e. The molecule has 0 saturated carbocycles. The van der Waals surface area contributed by atoms with Gasteiger partial charge in [0.15, 0.2) is 0 Å². The maximum atomic E-state index is 13.3. The second-order valence-corrected chi connectivity index (χ2v) is 10.6. The molecule has 1 saturated heterocycles. The topological polar surface area (TPSA) is 96.6 Å². The van der Waals surface area contributed by atoms with E-state index in [1.54, 1.807) is 49.2 Å². The van der Waals surface area contributed by atoms with E-state index in [1.165, 1.54) is 0 Å². The number of hydrogen-bond donors (Lipinski definition) is 1. The number of rotatable bonds is 7. The highest BCUT2D eigenvalue weighted by molar-refractivity contribution is 6.45. The van der Waals surface area contributed by atoms with Crippen LogP contribution in [0.4, 0.5) is 4.79 Å². The molecule has 3 heterocycles. The molecule has 0 radical (unpaired) electrons. The number of aromatic nitrogens is 3. The minimum absolute atomic E-state index is 0.155. The lowest BCUT2D eigenvalue weighted by Crippen LogP contribution is -2.34. The number of halogens is 2. The molecule has 1 atom stereocenters. The zero-order valence-corrected chi connectivity index (χ0v) is 23.0. The molecule has 200 valence electrons. The normalized spacial score (nSPS) is 16.1. The van der Waals surface area contributed by atoms with E-state index < -0.39 is 17.7 Å². The summed E-state index contributed by atoms with van der Waals surface area (Å²) in [6.07, 6.45) is 5.83. The first-order valence-corrected chi connectivity index (χ1v) is 13.2. The van der Waals surface area contributed by atoms with E-state index in [2.05, 4.69) is 10.4 Å². The molecule has 1 aliphatic heterocycles. The Morgan fingerprint density at radius 1 is 1.24 bits per heavy atom. The van der Waals surface area contributed by atoms with Gasteiger partial charge in [0.2, 0.25) is 0 Å². The van der Waals surface area contributed by atoms with Crippen LogP contribution in [0.3, 0.4) is 0 Å². The molecule has 1 amide bonds. The Balaban J connectivity index is 1.79. The number of nitrogens with one attached hydrogen (secondary N) is 1. The molecule has 1 aliphatic rings. The van der Waals surface area contributed by atoms with E-state index in [9.17, 15) is 9.59 Å². The number of nitrogens with zero attached hydrogens (tertiary/aromatic N) is 3. The van der Waals surface area contributed by atoms with Crippen LogP contribution in [0.2, 0.25) is 10.0 Å². The minimum atomic E-state index is -0.632. The first kappa shape index (κ1) is 27.3. The summed E-state index contributed by atoms with van der Waals surface area (Å²) in [6.45, 7) is 8.40. The summed E-state index contributed by atoms with van der Waals surface area (Å²) in [5.74, 6) is -0.514. The van der Waals surface area contributed by atoms with Crippen LogP contribution in [0.5, 0.6) is 0 Å². The number of fused-ring (bicyclic) bond motifs is 1. The molecule has 4 rings (SSSR count). The number of benzene rings is 1. The summed E-state index contributed by atoms with van der Waals surface area (Å²) in [6, 6.07) is 3.52. The zero-order chi connectivity index (χ0) is 26.7. The van der Waals surface area contributed by atoms with Crippen LogP contribution in [-0.2, 0) is 20.8 Å². The van der Waals surface area contributed by atoms with Gasteiger partial charge in [-0.2, -0.15) is 5.10 Å². The Morgan fingerprint density at radius 3 is 2.70 bits per heavy atom. The van der Waals surface area contributed by atoms with Crippen molar-refractivity contribution in [1.29, 1.82) is 0 Å². The summed E-state index contributed by atoms with van der Waals surface area (Å²) in [4.78, 5) is 25.6. The number of hydrogen-bond acceptors (Lipinski definition) is 6. The third kappa shape index (κ3) is 6.05. The fourth-order valence-electron chi connectivity index (χ4n) is 4.45. The van der Waals surface area contributed by atoms with Crippen molar-refractivity contribution in [3.05, 3.63) is 40.3 Å². The Morgan fingerprint density at radius 2 is 2.03 bits per heavy atom. The van der Waals surface area contributed by atoms with Gasteiger partial charge in [-0.1, -0.05) is 29.3 Å². The average molecular weight is 551 g/mol. The Kier molecular flexibility index (Phi) is 8.36. The highest BCUT2D eigenvalue weighted by atomic mass is 35.5. The van der Waals surface area contributed by atoms with Gasteiger partial charge in [0, 0.05) is 42.4 Å². The molecule has 0 aliphatic carbocycles. The lowest BCUT2D eigenvalue weighted by atomic mass is 10.1. The van der Waals surface area contributed by atoms with Crippen molar-refractivity contribution in [2.75, 3.05) is 19.8 Å². The molecule has 0 bridgehead atoms. The van der Waals surface area contributed by atoms with Crippen LogP contribution >= 0.6 is 23.2 Å². The molecule has 0 spiro atoms. The van der Waals surface area contributed by atoms with Crippen LogP contribution in [0.15, 0.2) is 24.5 Å². The van der Waals surface area contributed by atoms with Crippen molar-refractivity contribution in [3.63, 3.8) is 0 Å². The van der Waals surface area contributed by atoms with E-state index in [0.717, 1.165) is 30.2 Å². The van der Waals surface area contributed by atoms with E-state index >= 15 is 0 Å². The van der Waals surface area contributed by atoms with Gasteiger partial charge in [0.1, 0.15) is 17.5 Å². The van der Waals surface area contributed by atoms with Gasteiger partial charge in [-0.05, 0) is 53.0 Å². The van der Waals surface area contributed by atoms with Gasteiger partial charge < -0.3 is 24.1 Å². The first-order valence-electron chi connectivity index (χ1n) is 12.4. The number of carbonyl (C=O) groups excluding carboxylic acids is 2. The fraction of sp³-hybridized carbons (Fsp3) is 0.500. The molecule has 1 unspecified atom stereocenters. The van der Waals surface area contributed by atoms with Crippen LogP contribution in [0, 0.1) is 0 Å². The van der Waals surface area contributed by atoms with Gasteiger partial charge in [-0.15, -0.1) is 0 Å². The number of amides is 1. The van der Waals surface area contributed by atoms with Crippen molar-refractivity contribution >= 4 is 46.2 Å². The van der Waals surface area contributed by atoms with Gasteiger partial charge in [-0.25, -0.2) is 14.3 Å². The Labute approximate surface area is 225 Å². The smallest absolute Gasteiger partial charge is 0.407 e. The molecular formula is C26H32Cl2N4O5. The molecule has 37 heavy (non-hydrogen) atoms. The number of esters is 1. The van der Waals surface area contributed by atoms with Crippen LogP contribution in [-0.4, -0.2) is 51.8 Å². The molecule has 2 aromatic heterocycles. The van der Waals surface area contributed by atoms with Gasteiger partial charge in [0.25, 0.3) is 0 Å². The maximum absolute atomic E-state index is 13.3. The summed E-state index contributed by atoms with van der Waals surface area (Å²) >= 11 is 13.1. The number of alkyl carbamates (subject to hydrolysis) is 1. The molecule has 1 N–H and O–H groups in total. The third-order valence-electron chi connectivity index (χ3n) is 5.93. The second kappa shape index (κ2) is 11.3. The predicted molar refractivity (Wildman–Crippen MR) is 142 cm³/mol. The average Bonchev–Trinajstić information content (AvgIpc) is 3.44. The largest absolute Gasteiger partial charge is 0.461 e. The summed E-state index contributed by atoms with van der Waals surface area (Å²) in [5.41, 5.74) is 1.59. The molecule has 9 nitrogen and oxygen atoms in total. The van der Waals surface area contributed by atoms with Gasteiger partial charge in [0.05, 0.1) is 28.4 Å². The van der Waals surface area contributed by atoms with Crippen molar-refractivity contribution in [2.45, 2.75) is 65.3 Å². The molecular weight excluding hydrogens is 519 g/mol. The van der Waals surface area contributed by atoms with Crippen molar-refractivity contribution in [3.8, 4) is 11.1 Å². The van der Waals surface area contributed by atoms with Crippen molar-refractivity contribution in [1.82, 2.24) is 19.7 Å². The van der Waals surface area contributed by atoms with Crippen molar-refractivity contribution in [2.24, 2.45) is 0 Å². The van der Waals surface area contributed by atoms with Gasteiger partial charge >= 0.3 is 12.1 Å². The SMILES string of the molecule is CCOC(=O)c1c(-c2cnn(C3CCCCO3)c2)c2ccc(Cl)c(Cl)c2n1CCNC(=O)OC(C)(C)C. The molecule has 3 aromatic rings. The Bertz CT molecular complexity index is 1290. The van der Waals surface area contributed by atoms with E-state index in [0.29, 0.717) is 33.4 Å². The third-order valence-corrected chi connectivity index (χ3v) is 6.72. The summed E-state index contributed by atoms with van der Waals surface area (Å²) < 4.78 is 20.2. The van der Waals surface area contributed by atoms with E-state index in [1.807, 2.05) is 12.3 Å². The Hall–Kier alpha value is -2.75. The molecule has 1 aromatic carbocycles. The quantitative estimate of drug-likeness (QED) is 0.351. The highest BCUT2D eigenvalue weighted by Gasteiger charge is 2.29. The lowest BCUT2D eigenvalue weighted by molar-refractivity contribution is -0.0394. The number of ether oxygens (including phenoxy) is 3. The van der Waals surface area contributed by atoms with Crippen LogP contribution in [0.1, 0.15) is 63.7 Å². The highest BCUT2D eigenvalue weighted by Crippen LogP contribution is 2.41. The summed E-state index contributed by atoms with van der Waals surface area (Å²) in [7, 11) is 0. The summed E-state index contributed by atoms with van der Waals surface area (Å²) in [5, 5.41) is 8.65. The van der Waals surface area contributed by atoms with Crippen LogP contribution < -0.4 is 5.32 Å². The van der Waals surface area contributed by atoms with Crippen LogP contribution in [0.25, 0.3) is 22.0 Å². The van der Waals surface area contributed by atoms with Gasteiger partial charge in [-0.3, -0.25) is 0 Å². The lowest BCUT2D eigenvalue weighted by Gasteiger charge is -2.22. The monoisotopic (exact) mass is 550 g/mol. The predicted octanol–water partition coefficient (Wildman–Crippen LogP) is 6.21. The minimum Gasteiger partial charge on any atom is -0.461 e. The van der Waals surface area contributed by atoms with Crippen molar-refractivity contribution < 1.29 is 23.8 Å². The van der Waals surface area contributed by atoms with E-state index in [4.69, 9.17) is 37.4 Å². The number of carbonyl (C=O) groups is 2.